The minimum Gasteiger partial charge on any atom is -0.489 e. The molecule has 1 fully saturated rings. The van der Waals surface area contributed by atoms with E-state index in [-0.39, 0.29) is 24.4 Å². The van der Waals surface area contributed by atoms with Crippen molar-refractivity contribution in [1.82, 2.24) is 10.2 Å². The van der Waals surface area contributed by atoms with E-state index in [1.54, 1.807) is 0 Å². The number of carbonyl (C=O) groups is 1. The summed E-state index contributed by atoms with van der Waals surface area (Å²) in [6.45, 7) is 4.14. The van der Waals surface area contributed by atoms with Gasteiger partial charge in [-0.05, 0) is 31.5 Å². The maximum absolute atomic E-state index is 14.4. The average molecular weight is 426 g/mol. The van der Waals surface area contributed by atoms with E-state index in [1.165, 1.54) is 11.0 Å². The van der Waals surface area contributed by atoms with Crippen LogP contribution in [-0.4, -0.2) is 36.2 Å². The summed E-state index contributed by atoms with van der Waals surface area (Å²) in [4.78, 5) is 13.9. The second kappa shape index (κ2) is 9.34. The van der Waals surface area contributed by atoms with E-state index < -0.39 is 41.5 Å². The smallest absolute Gasteiger partial charge is 0.410 e. The van der Waals surface area contributed by atoms with E-state index in [4.69, 9.17) is 9.47 Å². The lowest BCUT2D eigenvalue weighted by molar-refractivity contribution is 0.0551. The molecule has 2 atom stereocenters. The number of rotatable bonds is 5. The fraction of sp³-hybridized carbons (Fsp3) is 0.381. The molecular formula is C21H22F4N2O3. The van der Waals surface area contributed by atoms with Gasteiger partial charge in [-0.1, -0.05) is 6.07 Å². The molecule has 2 aromatic rings. The third-order valence-electron chi connectivity index (χ3n) is 4.88. The number of nitrogens with one attached hydrogen (secondary N) is 1. The number of carbonyl (C=O) groups excluding carboxylic acids is 1. The van der Waals surface area contributed by atoms with Crippen molar-refractivity contribution >= 4 is 6.09 Å². The highest BCUT2D eigenvalue weighted by Crippen LogP contribution is 2.23. The first-order chi connectivity index (χ1) is 14.3. The average Bonchev–Trinajstić information content (AvgIpc) is 2.68. The molecule has 1 N–H and O–H groups in total. The monoisotopic (exact) mass is 426 g/mol. The van der Waals surface area contributed by atoms with Crippen LogP contribution in [0, 0.1) is 23.3 Å². The van der Waals surface area contributed by atoms with Gasteiger partial charge in [0, 0.05) is 37.3 Å². The summed E-state index contributed by atoms with van der Waals surface area (Å²) in [6, 6.07) is 4.85. The van der Waals surface area contributed by atoms with Crippen molar-refractivity contribution in [2.24, 2.45) is 0 Å². The predicted molar refractivity (Wildman–Crippen MR) is 101 cm³/mol. The van der Waals surface area contributed by atoms with Crippen LogP contribution in [0.4, 0.5) is 22.4 Å². The Morgan fingerprint density at radius 1 is 0.967 bits per heavy atom. The summed E-state index contributed by atoms with van der Waals surface area (Å²) >= 11 is 0. The van der Waals surface area contributed by atoms with Gasteiger partial charge in [0.15, 0.2) is 11.6 Å². The topological polar surface area (TPSA) is 50.8 Å². The number of hydrogen-bond acceptors (Lipinski definition) is 4. The van der Waals surface area contributed by atoms with Crippen LogP contribution < -0.4 is 10.1 Å². The first-order valence-electron chi connectivity index (χ1n) is 9.46. The molecule has 0 bridgehead atoms. The lowest BCUT2D eigenvalue weighted by Gasteiger charge is -2.38. The molecular weight excluding hydrogens is 404 g/mol. The summed E-state index contributed by atoms with van der Waals surface area (Å²) in [5, 5.41) is 3.17. The largest absolute Gasteiger partial charge is 0.489 e. The van der Waals surface area contributed by atoms with Gasteiger partial charge >= 0.3 is 6.09 Å². The molecule has 0 aliphatic carbocycles. The van der Waals surface area contributed by atoms with E-state index in [2.05, 4.69) is 5.32 Å². The summed E-state index contributed by atoms with van der Waals surface area (Å²) in [5.74, 6) is -4.05. The van der Waals surface area contributed by atoms with Crippen LogP contribution in [0.25, 0.3) is 0 Å². The van der Waals surface area contributed by atoms with Gasteiger partial charge in [-0.25, -0.2) is 22.4 Å². The Bertz CT molecular complexity index is 892. The van der Waals surface area contributed by atoms with E-state index >= 15 is 0 Å². The molecule has 0 spiro atoms. The Balaban J connectivity index is 1.62. The van der Waals surface area contributed by atoms with Crippen molar-refractivity contribution in [3.8, 4) is 5.75 Å². The molecule has 5 nitrogen and oxygen atoms in total. The number of benzene rings is 2. The number of piperazine rings is 1. The molecule has 0 saturated carbocycles. The molecule has 9 heteroatoms. The van der Waals surface area contributed by atoms with Gasteiger partial charge in [-0.2, -0.15) is 0 Å². The highest BCUT2D eigenvalue weighted by Gasteiger charge is 2.30. The van der Waals surface area contributed by atoms with E-state index in [0.717, 1.165) is 24.3 Å². The van der Waals surface area contributed by atoms with Gasteiger partial charge < -0.3 is 19.7 Å². The number of ether oxygens (including phenoxy) is 2. The Kier molecular flexibility index (Phi) is 6.81. The van der Waals surface area contributed by atoms with Gasteiger partial charge in [0.25, 0.3) is 0 Å². The van der Waals surface area contributed by atoms with Crippen molar-refractivity contribution in [3.63, 3.8) is 0 Å². The molecule has 0 aromatic heterocycles. The van der Waals surface area contributed by atoms with E-state index in [1.807, 2.05) is 13.8 Å². The van der Waals surface area contributed by atoms with Crippen molar-refractivity contribution in [1.29, 1.82) is 0 Å². The molecule has 3 rings (SSSR count). The van der Waals surface area contributed by atoms with Crippen LogP contribution in [0.1, 0.15) is 25.0 Å². The predicted octanol–water partition coefficient (Wildman–Crippen LogP) is 4.14. The Morgan fingerprint density at radius 3 is 2.20 bits per heavy atom. The second-order valence-corrected chi connectivity index (χ2v) is 7.22. The van der Waals surface area contributed by atoms with Crippen LogP contribution in [0.15, 0.2) is 30.3 Å². The van der Waals surface area contributed by atoms with Crippen LogP contribution in [0.5, 0.6) is 5.75 Å². The second-order valence-electron chi connectivity index (χ2n) is 7.22. The molecule has 0 radical (unpaired) electrons. The summed E-state index contributed by atoms with van der Waals surface area (Å²) in [7, 11) is 0. The first kappa shape index (κ1) is 21.9. The Hall–Kier alpha value is -2.81. The highest BCUT2D eigenvalue weighted by atomic mass is 19.2. The third kappa shape index (κ3) is 5.02. The molecule has 1 heterocycles. The fourth-order valence-electron chi connectivity index (χ4n) is 3.30. The van der Waals surface area contributed by atoms with Gasteiger partial charge in [0.1, 0.15) is 30.6 Å². The molecule has 1 amide bonds. The third-order valence-corrected chi connectivity index (χ3v) is 4.88. The Morgan fingerprint density at radius 2 is 1.60 bits per heavy atom. The van der Waals surface area contributed by atoms with Crippen LogP contribution in [0.3, 0.4) is 0 Å². The molecule has 1 aliphatic rings. The van der Waals surface area contributed by atoms with E-state index in [9.17, 15) is 22.4 Å². The maximum Gasteiger partial charge on any atom is 0.410 e. The van der Waals surface area contributed by atoms with Gasteiger partial charge in [0.2, 0.25) is 0 Å². The van der Waals surface area contributed by atoms with Crippen LogP contribution in [0.2, 0.25) is 0 Å². The standard InChI is InChI=1S/C21H22F4N2O3/c1-12-8-26-9-13(2)27(12)21(28)30-11-16-18(23)6-15(7-19(16)24)29-10-14-3-4-17(22)20(25)5-14/h3-7,12-13,26H,8-11H2,1-2H3. The van der Waals surface area contributed by atoms with Crippen molar-refractivity contribution in [2.45, 2.75) is 39.1 Å². The normalized spacial score (nSPS) is 18.9. The molecule has 1 aliphatic heterocycles. The lowest BCUT2D eigenvalue weighted by atomic mass is 10.1. The zero-order chi connectivity index (χ0) is 21.8. The molecule has 30 heavy (non-hydrogen) atoms. The van der Waals surface area contributed by atoms with Crippen molar-refractivity contribution < 1.29 is 31.8 Å². The lowest BCUT2D eigenvalue weighted by Crippen LogP contribution is -2.57. The zero-order valence-corrected chi connectivity index (χ0v) is 16.6. The number of amides is 1. The van der Waals surface area contributed by atoms with Crippen molar-refractivity contribution in [2.75, 3.05) is 13.1 Å². The van der Waals surface area contributed by atoms with Gasteiger partial charge in [-0.3, -0.25) is 0 Å². The fourth-order valence-corrected chi connectivity index (χ4v) is 3.30. The molecule has 162 valence electrons. The van der Waals surface area contributed by atoms with Gasteiger partial charge in [-0.15, -0.1) is 0 Å². The molecule has 1 saturated heterocycles. The maximum atomic E-state index is 14.4. The van der Waals surface area contributed by atoms with Crippen molar-refractivity contribution in [3.05, 3.63) is 64.7 Å². The SMILES string of the molecule is CC1CNCC(C)N1C(=O)OCc1c(F)cc(OCc2ccc(F)c(F)c2)cc1F. The zero-order valence-electron chi connectivity index (χ0n) is 16.6. The number of hydrogen-bond donors (Lipinski definition) is 1. The number of halogens is 4. The minimum atomic E-state index is -1.04. The van der Waals surface area contributed by atoms with Gasteiger partial charge in [0.05, 0.1) is 5.56 Å². The Labute approximate surface area is 171 Å². The minimum absolute atomic E-state index is 0.108. The molecule has 2 aromatic carbocycles. The number of nitrogens with zero attached hydrogens (tertiary/aromatic N) is 1. The summed E-state index contributed by atoms with van der Waals surface area (Å²) < 4.78 is 65.3. The molecule has 2 unspecified atom stereocenters. The summed E-state index contributed by atoms with van der Waals surface area (Å²) in [5.41, 5.74) is -0.106. The first-order valence-corrected chi connectivity index (χ1v) is 9.46. The summed E-state index contributed by atoms with van der Waals surface area (Å²) in [6.07, 6.45) is -0.644. The van der Waals surface area contributed by atoms with E-state index in [0.29, 0.717) is 18.7 Å². The van der Waals surface area contributed by atoms with Crippen LogP contribution >= 0.6 is 0 Å². The van der Waals surface area contributed by atoms with Crippen LogP contribution in [-0.2, 0) is 18.0 Å². The quantitative estimate of drug-likeness (QED) is 0.731. The highest BCUT2D eigenvalue weighted by molar-refractivity contribution is 5.68.